The van der Waals surface area contributed by atoms with Gasteiger partial charge in [0.15, 0.2) is 0 Å². The largest absolute Gasteiger partial charge is 0.494 e. The van der Waals surface area contributed by atoms with Gasteiger partial charge in [0.25, 0.3) is 5.56 Å². The van der Waals surface area contributed by atoms with Gasteiger partial charge in [-0.25, -0.2) is 0 Å². The van der Waals surface area contributed by atoms with E-state index >= 15 is 0 Å². The molecule has 2 rings (SSSR count). The Hall–Kier alpha value is -2.28. The summed E-state index contributed by atoms with van der Waals surface area (Å²) in [4.78, 5) is 12.3. The monoisotopic (exact) mass is 284 g/mol. The zero-order valence-corrected chi connectivity index (χ0v) is 12.3. The van der Waals surface area contributed by atoms with E-state index in [-0.39, 0.29) is 5.56 Å². The Morgan fingerprint density at radius 2 is 2.14 bits per heavy atom. The van der Waals surface area contributed by atoms with Crippen molar-refractivity contribution in [1.29, 1.82) is 5.26 Å². The number of pyridine rings is 1. The Labute approximate surface area is 124 Å². The molecule has 0 unspecified atom stereocenters. The standard InChI is InChI=1S/C17H20N2O2/c1-2-3-12-21-15-6-7-16-14(13-15)8-11-19(17(16)20)10-5-4-9-18/h6-8,11,13H,2-5,10,12H2,1H3. The highest BCUT2D eigenvalue weighted by Crippen LogP contribution is 2.18. The lowest BCUT2D eigenvalue weighted by Gasteiger charge is -2.08. The van der Waals surface area contributed by atoms with Crippen LogP contribution in [0.3, 0.4) is 0 Å². The number of benzene rings is 1. The van der Waals surface area contributed by atoms with Gasteiger partial charge in [0, 0.05) is 24.5 Å². The van der Waals surface area contributed by atoms with Crippen LogP contribution in [-0.4, -0.2) is 11.2 Å². The number of nitriles is 1. The molecule has 0 saturated heterocycles. The first-order valence-corrected chi connectivity index (χ1v) is 7.39. The molecule has 0 bridgehead atoms. The summed E-state index contributed by atoms with van der Waals surface area (Å²) in [5.74, 6) is 0.803. The normalized spacial score (nSPS) is 10.5. The Morgan fingerprint density at radius 1 is 1.29 bits per heavy atom. The molecule has 0 radical (unpaired) electrons. The molecule has 0 amide bonds. The van der Waals surface area contributed by atoms with E-state index < -0.39 is 0 Å². The summed E-state index contributed by atoms with van der Waals surface area (Å²) >= 11 is 0. The summed E-state index contributed by atoms with van der Waals surface area (Å²) in [7, 11) is 0. The van der Waals surface area contributed by atoms with Gasteiger partial charge in [-0.15, -0.1) is 0 Å². The number of hydrogen-bond donors (Lipinski definition) is 0. The minimum atomic E-state index is -0.00875. The van der Waals surface area contributed by atoms with Crippen LogP contribution in [0.4, 0.5) is 0 Å². The fourth-order valence-electron chi connectivity index (χ4n) is 2.19. The lowest BCUT2D eigenvalue weighted by molar-refractivity contribution is 0.310. The fourth-order valence-corrected chi connectivity index (χ4v) is 2.19. The van der Waals surface area contributed by atoms with Crippen molar-refractivity contribution in [2.24, 2.45) is 0 Å². The van der Waals surface area contributed by atoms with Gasteiger partial charge in [-0.1, -0.05) is 13.3 Å². The SMILES string of the molecule is CCCCOc1ccc2c(=O)n(CCCC#N)ccc2c1. The summed E-state index contributed by atoms with van der Waals surface area (Å²) in [6.07, 6.45) is 5.08. The quantitative estimate of drug-likeness (QED) is 0.731. The first-order chi connectivity index (χ1) is 10.3. The second-order valence-corrected chi connectivity index (χ2v) is 5.03. The van der Waals surface area contributed by atoms with Crippen molar-refractivity contribution in [3.8, 4) is 11.8 Å². The molecular weight excluding hydrogens is 264 g/mol. The second kappa shape index (κ2) is 7.49. The molecule has 21 heavy (non-hydrogen) atoms. The van der Waals surface area contributed by atoms with E-state index in [1.54, 1.807) is 10.8 Å². The van der Waals surface area contributed by atoms with E-state index in [0.717, 1.165) is 24.0 Å². The molecule has 110 valence electrons. The number of hydrogen-bond acceptors (Lipinski definition) is 3. The van der Waals surface area contributed by atoms with Gasteiger partial charge in [-0.2, -0.15) is 5.26 Å². The van der Waals surface area contributed by atoms with Crippen LogP contribution in [0, 0.1) is 11.3 Å². The van der Waals surface area contributed by atoms with Crippen LogP contribution in [-0.2, 0) is 6.54 Å². The Morgan fingerprint density at radius 3 is 2.90 bits per heavy atom. The van der Waals surface area contributed by atoms with Crippen LogP contribution >= 0.6 is 0 Å². The molecule has 0 atom stereocenters. The van der Waals surface area contributed by atoms with Crippen LogP contribution in [0.15, 0.2) is 35.3 Å². The number of nitrogens with zero attached hydrogens (tertiary/aromatic N) is 2. The summed E-state index contributed by atoms with van der Waals surface area (Å²) in [6.45, 7) is 3.41. The van der Waals surface area contributed by atoms with Gasteiger partial charge in [-0.3, -0.25) is 4.79 Å². The molecule has 0 aliphatic carbocycles. The van der Waals surface area contributed by atoms with E-state index in [1.165, 1.54) is 0 Å². The first kappa shape index (κ1) is 15.1. The molecule has 0 fully saturated rings. The molecular formula is C17H20N2O2. The maximum absolute atomic E-state index is 12.3. The van der Waals surface area contributed by atoms with E-state index in [9.17, 15) is 4.79 Å². The molecule has 0 N–H and O–H groups in total. The predicted octanol–water partition coefficient (Wildman–Crippen LogP) is 3.48. The topological polar surface area (TPSA) is 55.0 Å². The molecule has 0 aliphatic rings. The fraction of sp³-hybridized carbons (Fsp3) is 0.412. The predicted molar refractivity (Wildman–Crippen MR) is 83.5 cm³/mol. The number of aryl methyl sites for hydroxylation is 1. The minimum absolute atomic E-state index is 0.00875. The summed E-state index contributed by atoms with van der Waals surface area (Å²) < 4.78 is 7.32. The van der Waals surface area contributed by atoms with Crippen molar-refractivity contribution in [1.82, 2.24) is 4.57 Å². The number of rotatable bonds is 7. The van der Waals surface area contributed by atoms with Crippen LogP contribution < -0.4 is 10.3 Å². The van der Waals surface area contributed by atoms with Crippen LogP contribution in [0.5, 0.6) is 5.75 Å². The van der Waals surface area contributed by atoms with Gasteiger partial charge in [-0.05, 0) is 42.5 Å². The molecule has 4 heteroatoms. The zero-order valence-electron chi connectivity index (χ0n) is 12.3. The summed E-state index contributed by atoms with van der Waals surface area (Å²) in [5, 5.41) is 10.1. The molecule has 1 aromatic heterocycles. The van der Waals surface area contributed by atoms with E-state index in [1.807, 2.05) is 24.3 Å². The lowest BCUT2D eigenvalue weighted by atomic mass is 10.1. The van der Waals surface area contributed by atoms with Gasteiger partial charge in [0.1, 0.15) is 5.75 Å². The molecule has 2 aromatic rings. The Balaban J connectivity index is 2.20. The van der Waals surface area contributed by atoms with E-state index in [4.69, 9.17) is 10.00 Å². The van der Waals surface area contributed by atoms with Crippen molar-refractivity contribution < 1.29 is 4.74 Å². The number of fused-ring (bicyclic) bond motifs is 1. The van der Waals surface area contributed by atoms with Crippen molar-refractivity contribution in [3.05, 3.63) is 40.8 Å². The second-order valence-electron chi connectivity index (χ2n) is 5.03. The number of aromatic nitrogens is 1. The molecule has 1 heterocycles. The third-order valence-corrected chi connectivity index (χ3v) is 3.40. The summed E-state index contributed by atoms with van der Waals surface area (Å²) in [5.41, 5.74) is -0.00875. The highest BCUT2D eigenvalue weighted by atomic mass is 16.5. The van der Waals surface area contributed by atoms with Gasteiger partial charge < -0.3 is 9.30 Å². The van der Waals surface area contributed by atoms with Gasteiger partial charge in [0.2, 0.25) is 0 Å². The summed E-state index contributed by atoms with van der Waals surface area (Å²) in [6, 6.07) is 9.60. The van der Waals surface area contributed by atoms with Crippen molar-refractivity contribution >= 4 is 10.8 Å². The third-order valence-electron chi connectivity index (χ3n) is 3.40. The Kier molecular flexibility index (Phi) is 5.39. The molecule has 0 saturated carbocycles. The molecule has 4 nitrogen and oxygen atoms in total. The van der Waals surface area contributed by atoms with Gasteiger partial charge >= 0.3 is 0 Å². The highest BCUT2D eigenvalue weighted by molar-refractivity contribution is 5.82. The Bertz CT molecular complexity index is 698. The maximum Gasteiger partial charge on any atom is 0.258 e. The van der Waals surface area contributed by atoms with Crippen molar-refractivity contribution in [3.63, 3.8) is 0 Å². The number of ether oxygens (including phenoxy) is 1. The highest BCUT2D eigenvalue weighted by Gasteiger charge is 2.04. The lowest BCUT2D eigenvalue weighted by Crippen LogP contribution is -2.19. The molecule has 1 aromatic carbocycles. The smallest absolute Gasteiger partial charge is 0.258 e. The third kappa shape index (κ3) is 3.85. The van der Waals surface area contributed by atoms with Crippen molar-refractivity contribution in [2.75, 3.05) is 6.61 Å². The van der Waals surface area contributed by atoms with E-state index in [0.29, 0.717) is 31.4 Å². The zero-order chi connectivity index (χ0) is 15.1. The van der Waals surface area contributed by atoms with Gasteiger partial charge in [0.05, 0.1) is 12.7 Å². The minimum Gasteiger partial charge on any atom is -0.494 e. The van der Waals surface area contributed by atoms with Crippen LogP contribution in [0.1, 0.15) is 32.6 Å². The van der Waals surface area contributed by atoms with Crippen LogP contribution in [0.2, 0.25) is 0 Å². The number of unbranched alkanes of at least 4 members (excludes halogenated alkanes) is 2. The molecule has 0 aliphatic heterocycles. The van der Waals surface area contributed by atoms with Crippen molar-refractivity contribution in [2.45, 2.75) is 39.2 Å². The maximum atomic E-state index is 12.3. The van der Waals surface area contributed by atoms with Crippen LogP contribution in [0.25, 0.3) is 10.8 Å². The molecule has 0 spiro atoms. The average molecular weight is 284 g/mol. The average Bonchev–Trinajstić information content (AvgIpc) is 2.50. The van der Waals surface area contributed by atoms with E-state index in [2.05, 4.69) is 13.0 Å². The first-order valence-electron chi connectivity index (χ1n) is 7.39.